The first-order chi connectivity index (χ1) is 9.03. The first-order valence-electron chi connectivity index (χ1n) is 6.77. The van der Waals surface area contributed by atoms with E-state index in [4.69, 9.17) is 10.5 Å². The summed E-state index contributed by atoms with van der Waals surface area (Å²) < 4.78 is 29.9. The van der Waals surface area contributed by atoms with Crippen LogP contribution in [0.25, 0.3) is 0 Å². The van der Waals surface area contributed by atoms with Crippen LogP contribution >= 0.6 is 0 Å². The Balaban J connectivity index is 2.17. The molecule has 0 heterocycles. The molecule has 0 aromatic heterocycles. The van der Waals surface area contributed by atoms with E-state index in [1.54, 1.807) is 31.2 Å². The Kier molecular flexibility index (Phi) is 4.47. The highest BCUT2D eigenvalue weighted by atomic mass is 32.2. The second-order valence-corrected chi connectivity index (χ2v) is 7.25. The van der Waals surface area contributed by atoms with Crippen molar-refractivity contribution in [3.05, 3.63) is 24.3 Å². The second-order valence-electron chi connectivity index (χ2n) is 5.00. The van der Waals surface area contributed by atoms with Gasteiger partial charge in [0.2, 0.25) is 0 Å². The standard InChI is InChI=1S/C14H21NO3S/c1-2-19(16,17)14-6-4-3-5-13(14)18-12-9-7-11(15)8-10-12/h3-6,11-12H,2,7-10,15H2,1H3. The van der Waals surface area contributed by atoms with E-state index in [-0.39, 0.29) is 17.9 Å². The van der Waals surface area contributed by atoms with Crippen molar-refractivity contribution in [3.63, 3.8) is 0 Å². The SMILES string of the molecule is CCS(=O)(=O)c1ccccc1OC1CCC(N)CC1. The van der Waals surface area contributed by atoms with Crippen LogP contribution in [0, 0.1) is 0 Å². The first-order valence-corrected chi connectivity index (χ1v) is 8.42. The summed E-state index contributed by atoms with van der Waals surface area (Å²) in [4.78, 5) is 0.298. The molecule has 1 aliphatic carbocycles. The second kappa shape index (κ2) is 5.92. The molecule has 0 aliphatic heterocycles. The van der Waals surface area contributed by atoms with Crippen molar-refractivity contribution >= 4 is 9.84 Å². The Labute approximate surface area is 114 Å². The van der Waals surface area contributed by atoms with Gasteiger partial charge in [0.15, 0.2) is 9.84 Å². The summed E-state index contributed by atoms with van der Waals surface area (Å²) in [6.45, 7) is 1.64. The number of rotatable bonds is 4. The summed E-state index contributed by atoms with van der Waals surface area (Å²) in [6, 6.07) is 7.14. The predicted molar refractivity (Wildman–Crippen MR) is 75.0 cm³/mol. The quantitative estimate of drug-likeness (QED) is 0.919. The van der Waals surface area contributed by atoms with Crippen molar-refractivity contribution in [1.29, 1.82) is 0 Å². The summed E-state index contributed by atoms with van der Waals surface area (Å²) in [6.07, 6.45) is 3.73. The van der Waals surface area contributed by atoms with E-state index in [1.165, 1.54) is 0 Å². The molecule has 1 saturated carbocycles. The molecule has 1 aromatic carbocycles. The minimum atomic E-state index is -3.24. The van der Waals surface area contributed by atoms with Crippen LogP contribution in [-0.2, 0) is 9.84 Å². The minimum Gasteiger partial charge on any atom is -0.489 e. The molecule has 0 spiro atoms. The lowest BCUT2D eigenvalue weighted by Crippen LogP contribution is -2.31. The molecule has 5 heteroatoms. The average molecular weight is 283 g/mol. The molecule has 2 N–H and O–H groups in total. The van der Waals surface area contributed by atoms with Gasteiger partial charge in [0.25, 0.3) is 0 Å². The van der Waals surface area contributed by atoms with Crippen molar-refractivity contribution in [2.75, 3.05) is 5.75 Å². The molecule has 1 aromatic rings. The molecule has 4 nitrogen and oxygen atoms in total. The van der Waals surface area contributed by atoms with Gasteiger partial charge in [0, 0.05) is 6.04 Å². The molecule has 0 saturated heterocycles. The number of hydrogen-bond acceptors (Lipinski definition) is 4. The number of nitrogens with two attached hydrogens (primary N) is 1. The molecule has 106 valence electrons. The fourth-order valence-corrected chi connectivity index (χ4v) is 3.37. The average Bonchev–Trinajstić information content (AvgIpc) is 2.42. The van der Waals surface area contributed by atoms with Crippen molar-refractivity contribution in [2.24, 2.45) is 5.73 Å². The van der Waals surface area contributed by atoms with E-state index < -0.39 is 9.84 Å². The molecule has 1 fully saturated rings. The highest BCUT2D eigenvalue weighted by Crippen LogP contribution is 2.28. The van der Waals surface area contributed by atoms with Crippen LogP contribution < -0.4 is 10.5 Å². The van der Waals surface area contributed by atoms with Crippen LogP contribution in [0.3, 0.4) is 0 Å². The predicted octanol–water partition coefficient (Wildman–Crippen LogP) is 2.13. The fraction of sp³-hybridized carbons (Fsp3) is 0.571. The number of hydrogen-bond donors (Lipinski definition) is 1. The molecule has 1 aliphatic rings. The van der Waals surface area contributed by atoms with Gasteiger partial charge in [-0.2, -0.15) is 0 Å². The summed E-state index contributed by atoms with van der Waals surface area (Å²) >= 11 is 0. The molecule has 2 rings (SSSR count). The van der Waals surface area contributed by atoms with Crippen LogP contribution in [0.4, 0.5) is 0 Å². The third-order valence-corrected chi connectivity index (χ3v) is 5.34. The zero-order valence-electron chi connectivity index (χ0n) is 11.2. The highest BCUT2D eigenvalue weighted by Gasteiger charge is 2.23. The van der Waals surface area contributed by atoms with Gasteiger partial charge in [0.1, 0.15) is 10.6 Å². The number of ether oxygens (including phenoxy) is 1. The Bertz CT molecular complexity index is 519. The maximum atomic E-state index is 12.0. The summed E-state index contributed by atoms with van der Waals surface area (Å²) in [5, 5.41) is 0. The number of para-hydroxylation sites is 1. The topological polar surface area (TPSA) is 69.4 Å². The maximum Gasteiger partial charge on any atom is 0.181 e. The van der Waals surface area contributed by atoms with Crippen LogP contribution in [-0.4, -0.2) is 26.3 Å². The number of sulfone groups is 1. The van der Waals surface area contributed by atoms with Gasteiger partial charge in [-0.1, -0.05) is 19.1 Å². The molecule has 0 bridgehead atoms. The van der Waals surface area contributed by atoms with Crippen LogP contribution in [0.15, 0.2) is 29.2 Å². The van der Waals surface area contributed by atoms with Gasteiger partial charge >= 0.3 is 0 Å². The lowest BCUT2D eigenvalue weighted by Gasteiger charge is -2.27. The van der Waals surface area contributed by atoms with E-state index in [0.717, 1.165) is 25.7 Å². The smallest absolute Gasteiger partial charge is 0.181 e. The van der Waals surface area contributed by atoms with Gasteiger partial charge < -0.3 is 10.5 Å². The molecule has 0 radical (unpaired) electrons. The van der Waals surface area contributed by atoms with Crippen LogP contribution in [0.5, 0.6) is 5.75 Å². The van der Waals surface area contributed by atoms with Crippen molar-refractivity contribution in [1.82, 2.24) is 0 Å². The summed E-state index contributed by atoms with van der Waals surface area (Å²) in [7, 11) is -3.24. The Morgan fingerprint density at radius 2 is 1.84 bits per heavy atom. The molecule has 0 atom stereocenters. The van der Waals surface area contributed by atoms with E-state index in [0.29, 0.717) is 10.6 Å². The highest BCUT2D eigenvalue weighted by molar-refractivity contribution is 7.91. The lowest BCUT2D eigenvalue weighted by atomic mass is 9.94. The van der Waals surface area contributed by atoms with Crippen molar-refractivity contribution in [2.45, 2.75) is 49.6 Å². The van der Waals surface area contributed by atoms with Gasteiger partial charge in [-0.05, 0) is 37.8 Å². The lowest BCUT2D eigenvalue weighted by molar-refractivity contribution is 0.143. The van der Waals surface area contributed by atoms with E-state index in [2.05, 4.69) is 0 Å². The van der Waals surface area contributed by atoms with Gasteiger partial charge in [0.05, 0.1) is 11.9 Å². The van der Waals surface area contributed by atoms with Crippen molar-refractivity contribution in [3.8, 4) is 5.75 Å². The third-order valence-electron chi connectivity index (χ3n) is 3.58. The van der Waals surface area contributed by atoms with Gasteiger partial charge in [-0.3, -0.25) is 0 Å². The maximum absolute atomic E-state index is 12.0. The molecular formula is C14H21NO3S. The molecule has 0 amide bonds. The van der Waals surface area contributed by atoms with E-state index in [9.17, 15) is 8.42 Å². The molecular weight excluding hydrogens is 262 g/mol. The third kappa shape index (κ3) is 3.48. The zero-order valence-corrected chi connectivity index (χ0v) is 12.0. The van der Waals surface area contributed by atoms with Gasteiger partial charge in [-0.15, -0.1) is 0 Å². The largest absolute Gasteiger partial charge is 0.489 e. The van der Waals surface area contributed by atoms with E-state index in [1.807, 2.05) is 0 Å². The first kappa shape index (κ1) is 14.3. The normalized spacial score (nSPS) is 24.1. The Hall–Kier alpha value is -1.07. The fourth-order valence-electron chi connectivity index (χ4n) is 2.35. The molecule has 0 unspecified atom stereocenters. The minimum absolute atomic E-state index is 0.0769. The summed E-state index contributed by atoms with van der Waals surface area (Å²) in [5.41, 5.74) is 5.86. The monoisotopic (exact) mass is 283 g/mol. The molecule has 19 heavy (non-hydrogen) atoms. The number of benzene rings is 1. The zero-order chi connectivity index (χ0) is 13.9. The van der Waals surface area contributed by atoms with Gasteiger partial charge in [-0.25, -0.2) is 8.42 Å². The Morgan fingerprint density at radius 1 is 1.21 bits per heavy atom. The van der Waals surface area contributed by atoms with E-state index >= 15 is 0 Å². The van der Waals surface area contributed by atoms with Crippen LogP contribution in [0.2, 0.25) is 0 Å². The summed E-state index contributed by atoms with van der Waals surface area (Å²) in [5.74, 6) is 0.563. The van der Waals surface area contributed by atoms with Crippen molar-refractivity contribution < 1.29 is 13.2 Å². The van der Waals surface area contributed by atoms with Crippen LogP contribution in [0.1, 0.15) is 32.6 Å². The Morgan fingerprint density at radius 3 is 2.47 bits per heavy atom.